The molecule has 1 heterocycles. The van der Waals surface area contributed by atoms with Crippen molar-refractivity contribution in [3.05, 3.63) is 34.9 Å². The highest BCUT2D eigenvalue weighted by Gasteiger charge is 2.19. The smallest absolute Gasteiger partial charge is 0.254 e. The van der Waals surface area contributed by atoms with E-state index in [9.17, 15) is 4.79 Å². The third-order valence-corrected chi connectivity index (χ3v) is 3.78. The molecule has 20 heavy (non-hydrogen) atoms. The van der Waals surface area contributed by atoms with Crippen molar-refractivity contribution in [2.75, 3.05) is 19.7 Å². The van der Waals surface area contributed by atoms with Crippen molar-refractivity contribution in [2.45, 2.75) is 39.3 Å². The van der Waals surface area contributed by atoms with Gasteiger partial charge in [0.15, 0.2) is 0 Å². The second-order valence-corrected chi connectivity index (χ2v) is 5.58. The molecule has 0 spiro atoms. The Morgan fingerprint density at radius 2 is 2.20 bits per heavy atom. The van der Waals surface area contributed by atoms with Gasteiger partial charge in [0.1, 0.15) is 0 Å². The van der Waals surface area contributed by atoms with Crippen LogP contribution >= 0.6 is 0 Å². The van der Waals surface area contributed by atoms with Crippen LogP contribution in [-0.4, -0.2) is 41.7 Å². The molecule has 0 atom stereocenters. The number of nitrogens with zero attached hydrogens (tertiary/aromatic N) is 1. The number of benzene rings is 1. The van der Waals surface area contributed by atoms with Crippen LogP contribution in [0.25, 0.3) is 0 Å². The van der Waals surface area contributed by atoms with E-state index in [1.165, 1.54) is 11.1 Å². The molecule has 4 nitrogen and oxygen atoms in total. The largest absolute Gasteiger partial charge is 0.396 e. The standard InChI is InChI=1S/C16H24N2O2/c1-12(2)18(8-3-9-19)16(20)14-5-4-13-6-7-17-11-15(13)10-14/h4-5,10,12,17,19H,3,6-9,11H2,1-2H3. The van der Waals surface area contributed by atoms with Gasteiger partial charge in [-0.2, -0.15) is 0 Å². The maximum absolute atomic E-state index is 12.6. The Labute approximate surface area is 120 Å². The van der Waals surface area contributed by atoms with E-state index < -0.39 is 0 Å². The summed E-state index contributed by atoms with van der Waals surface area (Å²) in [6, 6.07) is 6.16. The topological polar surface area (TPSA) is 52.6 Å². The normalized spacial score (nSPS) is 14.2. The highest BCUT2D eigenvalue weighted by molar-refractivity contribution is 5.94. The van der Waals surface area contributed by atoms with Gasteiger partial charge in [-0.1, -0.05) is 6.07 Å². The lowest BCUT2D eigenvalue weighted by molar-refractivity contribution is 0.0693. The number of hydrogen-bond acceptors (Lipinski definition) is 3. The fraction of sp³-hybridized carbons (Fsp3) is 0.562. The summed E-state index contributed by atoms with van der Waals surface area (Å²) in [7, 11) is 0. The zero-order valence-electron chi connectivity index (χ0n) is 12.4. The Bertz CT molecular complexity index is 472. The number of nitrogens with one attached hydrogen (secondary N) is 1. The molecule has 1 amide bonds. The lowest BCUT2D eigenvalue weighted by Gasteiger charge is -2.27. The average Bonchev–Trinajstić information content (AvgIpc) is 2.46. The van der Waals surface area contributed by atoms with Crippen molar-refractivity contribution < 1.29 is 9.90 Å². The van der Waals surface area contributed by atoms with E-state index in [0.717, 1.165) is 25.1 Å². The molecule has 1 aromatic carbocycles. The van der Waals surface area contributed by atoms with Gasteiger partial charge >= 0.3 is 0 Å². The minimum absolute atomic E-state index is 0.0572. The summed E-state index contributed by atoms with van der Waals surface area (Å²) in [4.78, 5) is 14.4. The van der Waals surface area contributed by atoms with Crippen LogP contribution in [-0.2, 0) is 13.0 Å². The van der Waals surface area contributed by atoms with Gasteiger partial charge in [0.25, 0.3) is 5.91 Å². The van der Waals surface area contributed by atoms with Crippen molar-refractivity contribution in [3.8, 4) is 0 Å². The predicted molar refractivity (Wildman–Crippen MR) is 79.7 cm³/mol. The van der Waals surface area contributed by atoms with Gasteiger partial charge in [0, 0.05) is 31.3 Å². The fourth-order valence-corrected chi connectivity index (χ4v) is 2.61. The van der Waals surface area contributed by atoms with Crippen LogP contribution in [0.5, 0.6) is 0 Å². The third kappa shape index (κ3) is 3.38. The number of amides is 1. The number of carbonyl (C=O) groups excluding carboxylic acids is 1. The Kier molecular flexibility index (Phi) is 5.15. The van der Waals surface area contributed by atoms with Crippen LogP contribution in [0.1, 0.15) is 41.8 Å². The maximum atomic E-state index is 12.6. The van der Waals surface area contributed by atoms with Crippen molar-refractivity contribution in [1.82, 2.24) is 10.2 Å². The van der Waals surface area contributed by atoms with Gasteiger partial charge < -0.3 is 15.3 Å². The van der Waals surface area contributed by atoms with E-state index in [2.05, 4.69) is 11.4 Å². The second-order valence-electron chi connectivity index (χ2n) is 5.58. The van der Waals surface area contributed by atoms with E-state index in [1.54, 1.807) is 0 Å². The Morgan fingerprint density at radius 1 is 1.40 bits per heavy atom. The van der Waals surface area contributed by atoms with E-state index >= 15 is 0 Å². The monoisotopic (exact) mass is 276 g/mol. The lowest BCUT2D eigenvalue weighted by Crippen LogP contribution is -2.38. The zero-order chi connectivity index (χ0) is 14.5. The zero-order valence-corrected chi connectivity index (χ0v) is 12.4. The third-order valence-electron chi connectivity index (χ3n) is 3.78. The summed E-state index contributed by atoms with van der Waals surface area (Å²) < 4.78 is 0. The van der Waals surface area contributed by atoms with Gasteiger partial charge in [0.2, 0.25) is 0 Å². The van der Waals surface area contributed by atoms with Crippen LogP contribution < -0.4 is 5.32 Å². The van der Waals surface area contributed by atoms with Gasteiger partial charge in [-0.3, -0.25) is 4.79 Å². The van der Waals surface area contributed by atoms with Gasteiger partial charge in [-0.15, -0.1) is 0 Å². The summed E-state index contributed by atoms with van der Waals surface area (Å²) in [5.41, 5.74) is 3.32. The fourth-order valence-electron chi connectivity index (χ4n) is 2.61. The van der Waals surface area contributed by atoms with Crippen molar-refractivity contribution in [1.29, 1.82) is 0 Å². The molecular formula is C16H24N2O2. The van der Waals surface area contributed by atoms with Crippen LogP contribution in [0, 0.1) is 0 Å². The number of aliphatic hydroxyl groups excluding tert-OH is 1. The highest BCUT2D eigenvalue weighted by atomic mass is 16.3. The van der Waals surface area contributed by atoms with Crippen LogP contribution in [0.4, 0.5) is 0 Å². The minimum Gasteiger partial charge on any atom is -0.396 e. The van der Waals surface area contributed by atoms with Crippen molar-refractivity contribution in [2.24, 2.45) is 0 Å². The predicted octanol–water partition coefficient (Wildman–Crippen LogP) is 1.57. The molecule has 0 unspecified atom stereocenters. The molecule has 0 aliphatic carbocycles. The number of aliphatic hydroxyl groups is 1. The lowest BCUT2D eigenvalue weighted by atomic mass is 9.98. The minimum atomic E-state index is 0.0572. The first-order valence-electron chi connectivity index (χ1n) is 7.38. The Hall–Kier alpha value is -1.39. The molecule has 0 bridgehead atoms. The molecule has 2 N–H and O–H groups in total. The van der Waals surface area contributed by atoms with E-state index in [1.807, 2.05) is 30.9 Å². The van der Waals surface area contributed by atoms with Crippen molar-refractivity contribution in [3.63, 3.8) is 0 Å². The summed E-state index contributed by atoms with van der Waals surface area (Å²) in [5.74, 6) is 0.0572. The molecular weight excluding hydrogens is 252 g/mol. The van der Waals surface area contributed by atoms with E-state index in [0.29, 0.717) is 13.0 Å². The Morgan fingerprint density at radius 3 is 2.90 bits per heavy atom. The molecule has 0 aromatic heterocycles. The summed E-state index contributed by atoms with van der Waals surface area (Å²) in [6.07, 6.45) is 1.65. The average molecular weight is 276 g/mol. The molecule has 1 aliphatic rings. The molecule has 1 aliphatic heterocycles. The molecule has 0 fully saturated rings. The van der Waals surface area contributed by atoms with Gasteiger partial charge in [-0.25, -0.2) is 0 Å². The van der Waals surface area contributed by atoms with E-state index in [4.69, 9.17) is 5.11 Å². The summed E-state index contributed by atoms with van der Waals surface area (Å²) in [5, 5.41) is 12.3. The van der Waals surface area contributed by atoms with Gasteiger partial charge in [0.05, 0.1) is 0 Å². The maximum Gasteiger partial charge on any atom is 0.254 e. The van der Waals surface area contributed by atoms with Crippen LogP contribution in [0.15, 0.2) is 18.2 Å². The van der Waals surface area contributed by atoms with Crippen LogP contribution in [0.2, 0.25) is 0 Å². The highest BCUT2D eigenvalue weighted by Crippen LogP contribution is 2.18. The first-order chi connectivity index (χ1) is 9.63. The second kappa shape index (κ2) is 6.86. The van der Waals surface area contributed by atoms with Crippen LogP contribution in [0.3, 0.4) is 0 Å². The SMILES string of the molecule is CC(C)N(CCCO)C(=O)c1ccc2c(c1)CNCC2. The number of hydrogen-bond donors (Lipinski definition) is 2. The van der Waals surface area contributed by atoms with Crippen molar-refractivity contribution >= 4 is 5.91 Å². The Balaban J connectivity index is 2.18. The number of carbonyl (C=O) groups is 1. The molecule has 2 rings (SSSR count). The molecule has 4 heteroatoms. The first kappa shape index (κ1) is 15.0. The number of rotatable bonds is 5. The molecule has 0 saturated carbocycles. The summed E-state index contributed by atoms with van der Waals surface area (Å²) in [6.45, 7) is 6.58. The van der Waals surface area contributed by atoms with E-state index in [-0.39, 0.29) is 18.6 Å². The molecule has 0 radical (unpaired) electrons. The first-order valence-corrected chi connectivity index (χ1v) is 7.38. The molecule has 110 valence electrons. The van der Waals surface area contributed by atoms with Gasteiger partial charge in [-0.05, 0) is 56.5 Å². The molecule has 1 aromatic rings. The quantitative estimate of drug-likeness (QED) is 0.858. The number of fused-ring (bicyclic) bond motifs is 1. The summed E-state index contributed by atoms with van der Waals surface area (Å²) >= 11 is 0. The molecule has 0 saturated heterocycles.